The van der Waals surface area contributed by atoms with E-state index in [0.29, 0.717) is 11.7 Å². The Balaban J connectivity index is 1.96. The molecule has 0 aromatic carbocycles. The fourth-order valence-corrected chi connectivity index (χ4v) is 1.43. The fourth-order valence-electron chi connectivity index (χ4n) is 1.43. The van der Waals surface area contributed by atoms with E-state index in [9.17, 15) is 13.2 Å². The summed E-state index contributed by atoms with van der Waals surface area (Å²) in [6.07, 6.45) is -1.22. The standard InChI is InChI=1S/C12H12F3N3O/c1-2-9-6-18-11(19-9)7-17-10-4-3-8(5-16-10)12(13,14)15/h3-6H,2,7H2,1H3,(H,16,17). The number of halogens is 3. The van der Waals surface area contributed by atoms with Gasteiger partial charge in [0, 0.05) is 12.6 Å². The molecule has 19 heavy (non-hydrogen) atoms. The van der Waals surface area contributed by atoms with Crippen molar-refractivity contribution in [1.29, 1.82) is 0 Å². The lowest BCUT2D eigenvalue weighted by Crippen LogP contribution is -2.07. The molecule has 0 aliphatic rings. The minimum Gasteiger partial charge on any atom is -0.444 e. The van der Waals surface area contributed by atoms with E-state index >= 15 is 0 Å². The Morgan fingerprint density at radius 2 is 2.00 bits per heavy atom. The Kier molecular flexibility index (Phi) is 3.73. The van der Waals surface area contributed by atoms with Crippen molar-refractivity contribution in [1.82, 2.24) is 9.97 Å². The van der Waals surface area contributed by atoms with Gasteiger partial charge in [0.25, 0.3) is 0 Å². The van der Waals surface area contributed by atoms with Gasteiger partial charge in [0.2, 0.25) is 5.89 Å². The highest BCUT2D eigenvalue weighted by atomic mass is 19.4. The lowest BCUT2D eigenvalue weighted by molar-refractivity contribution is -0.137. The number of nitrogens with one attached hydrogen (secondary N) is 1. The smallest absolute Gasteiger partial charge is 0.417 e. The maximum Gasteiger partial charge on any atom is 0.417 e. The van der Waals surface area contributed by atoms with Crippen molar-refractivity contribution in [2.45, 2.75) is 26.1 Å². The van der Waals surface area contributed by atoms with Crippen molar-refractivity contribution in [3.05, 3.63) is 41.7 Å². The summed E-state index contributed by atoms with van der Waals surface area (Å²) in [5.41, 5.74) is -0.776. The zero-order valence-corrected chi connectivity index (χ0v) is 10.2. The Hall–Kier alpha value is -2.05. The molecule has 7 heteroatoms. The molecule has 2 heterocycles. The number of hydrogen-bond acceptors (Lipinski definition) is 4. The number of rotatable bonds is 4. The number of alkyl halides is 3. The second kappa shape index (κ2) is 5.29. The van der Waals surface area contributed by atoms with E-state index in [4.69, 9.17) is 4.42 Å². The lowest BCUT2D eigenvalue weighted by atomic mass is 10.3. The molecule has 0 atom stereocenters. The van der Waals surface area contributed by atoms with Crippen LogP contribution in [0.1, 0.15) is 24.1 Å². The Bertz CT molecular complexity index is 534. The second-order valence-corrected chi connectivity index (χ2v) is 3.86. The highest BCUT2D eigenvalue weighted by Crippen LogP contribution is 2.28. The maximum atomic E-state index is 12.3. The third-order valence-electron chi connectivity index (χ3n) is 2.46. The molecule has 1 N–H and O–H groups in total. The molecule has 0 radical (unpaired) electrons. The lowest BCUT2D eigenvalue weighted by Gasteiger charge is -2.07. The first kappa shape index (κ1) is 13.4. The largest absolute Gasteiger partial charge is 0.444 e. The van der Waals surface area contributed by atoms with Crippen LogP contribution in [0.15, 0.2) is 28.9 Å². The summed E-state index contributed by atoms with van der Waals surface area (Å²) in [5.74, 6) is 1.57. The van der Waals surface area contributed by atoms with Crippen LogP contribution in [0.2, 0.25) is 0 Å². The van der Waals surface area contributed by atoms with Crippen molar-refractivity contribution in [3.63, 3.8) is 0 Å². The zero-order chi connectivity index (χ0) is 13.9. The van der Waals surface area contributed by atoms with Gasteiger partial charge in [-0.05, 0) is 12.1 Å². The van der Waals surface area contributed by atoms with Crippen LogP contribution in [-0.2, 0) is 19.1 Å². The SMILES string of the molecule is CCc1cnc(CNc2ccc(C(F)(F)F)cn2)o1. The van der Waals surface area contributed by atoms with E-state index in [1.807, 2.05) is 6.92 Å². The Morgan fingerprint density at radius 3 is 2.53 bits per heavy atom. The third-order valence-corrected chi connectivity index (χ3v) is 2.46. The van der Waals surface area contributed by atoms with E-state index < -0.39 is 11.7 Å². The predicted molar refractivity (Wildman–Crippen MR) is 62.4 cm³/mol. The minimum absolute atomic E-state index is 0.276. The summed E-state index contributed by atoms with van der Waals surface area (Å²) >= 11 is 0. The number of pyridine rings is 1. The molecule has 0 spiro atoms. The monoisotopic (exact) mass is 271 g/mol. The van der Waals surface area contributed by atoms with Crippen LogP contribution >= 0.6 is 0 Å². The number of nitrogens with zero attached hydrogens (tertiary/aromatic N) is 2. The van der Waals surface area contributed by atoms with Crippen LogP contribution in [-0.4, -0.2) is 9.97 Å². The summed E-state index contributed by atoms with van der Waals surface area (Å²) in [7, 11) is 0. The van der Waals surface area contributed by atoms with Crippen molar-refractivity contribution >= 4 is 5.82 Å². The zero-order valence-electron chi connectivity index (χ0n) is 10.2. The summed E-state index contributed by atoms with van der Waals surface area (Å²) in [6.45, 7) is 2.22. The van der Waals surface area contributed by atoms with Crippen LogP contribution in [0.3, 0.4) is 0 Å². The number of oxazole rings is 1. The van der Waals surface area contributed by atoms with Crippen LogP contribution in [0.5, 0.6) is 0 Å². The van der Waals surface area contributed by atoms with Crippen LogP contribution < -0.4 is 5.32 Å². The van der Waals surface area contributed by atoms with E-state index in [-0.39, 0.29) is 6.54 Å². The molecular weight excluding hydrogens is 259 g/mol. The van der Waals surface area contributed by atoms with Gasteiger partial charge < -0.3 is 9.73 Å². The molecule has 0 amide bonds. The molecule has 0 aliphatic heterocycles. The number of anilines is 1. The van der Waals surface area contributed by atoms with Crippen molar-refractivity contribution in [2.75, 3.05) is 5.32 Å². The predicted octanol–water partition coefficient (Wildman–Crippen LogP) is 3.26. The van der Waals surface area contributed by atoms with Gasteiger partial charge in [-0.25, -0.2) is 9.97 Å². The molecule has 2 aromatic heterocycles. The van der Waals surface area contributed by atoms with Crippen LogP contribution in [0.4, 0.5) is 19.0 Å². The molecule has 2 rings (SSSR count). The van der Waals surface area contributed by atoms with E-state index in [1.165, 1.54) is 6.07 Å². The minimum atomic E-state index is -4.37. The number of aromatic nitrogens is 2. The van der Waals surface area contributed by atoms with E-state index in [1.54, 1.807) is 6.20 Å². The highest BCUT2D eigenvalue weighted by molar-refractivity contribution is 5.36. The first-order valence-corrected chi connectivity index (χ1v) is 5.69. The maximum absolute atomic E-state index is 12.3. The van der Waals surface area contributed by atoms with E-state index in [2.05, 4.69) is 15.3 Å². The molecule has 102 valence electrons. The van der Waals surface area contributed by atoms with Gasteiger partial charge >= 0.3 is 6.18 Å². The van der Waals surface area contributed by atoms with Gasteiger partial charge in [-0.2, -0.15) is 13.2 Å². The van der Waals surface area contributed by atoms with Gasteiger partial charge in [-0.15, -0.1) is 0 Å². The average molecular weight is 271 g/mol. The van der Waals surface area contributed by atoms with E-state index in [0.717, 1.165) is 24.4 Å². The van der Waals surface area contributed by atoms with Gasteiger partial charge in [0.15, 0.2) is 0 Å². The number of hydrogen-bond donors (Lipinski definition) is 1. The van der Waals surface area contributed by atoms with Gasteiger partial charge in [-0.1, -0.05) is 6.92 Å². The Morgan fingerprint density at radius 1 is 1.21 bits per heavy atom. The third kappa shape index (κ3) is 3.46. The highest BCUT2D eigenvalue weighted by Gasteiger charge is 2.30. The topological polar surface area (TPSA) is 51.0 Å². The van der Waals surface area contributed by atoms with Crippen LogP contribution in [0, 0.1) is 0 Å². The number of aryl methyl sites for hydroxylation is 1. The van der Waals surface area contributed by atoms with Crippen molar-refractivity contribution in [3.8, 4) is 0 Å². The molecule has 0 saturated heterocycles. The van der Waals surface area contributed by atoms with Gasteiger partial charge in [-0.3, -0.25) is 0 Å². The summed E-state index contributed by atoms with van der Waals surface area (Å²) in [5, 5.41) is 2.84. The molecule has 0 saturated carbocycles. The normalized spacial score (nSPS) is 11.6. The second-order valence-electron chi connectivity index (χ2n) is 3.86. The molecule has 0 aliphatic carbocycles. The molecule has 0 unspecified atom stereocenters. The Labute approximate surface area is 107 Å². The molecule has 2 aromatic rings. The van der Waals surface area contributed by atoms with Crippen molar-refractivity contribution < 1.29 is 17.6 Å². The molecular formula is C12H12F3N3O. The summed E-state index contributed by atoms with van der Waals surface area (Å²) in [6, 6.07) is 2.24. The summed E-state index contributed by atoms with van der Waals surface area (Å²) < 4.78 is 42.3. The molecule has 0 bridgehead atoms. The fraction of sp³-hybridized carbons (Fsp3) is 0.333. The average Bonchev–Trinajstić information content (AvgIpc) is 2.84. The van der Waals surface area contributed by atoms with Gasteiger partial charge in [0.1, 0.15) is 11.6 Å². The molecule has 4 nitrogen and oxygen atoms in total. The van der Waals surface area contributed by atoms with Gasteiger partial charge in [0.05, 0.1) is 18.3 Å². The van der Waals surface area contributed by atoms with Crippen LogP contribution in [0.25, 0.3) is 0 Å². The molecule has 0 fully saturated rings. The quantitative estimate of drug-likeness (QED) is 0.927. The summed E-state index contributed by atoms with van der Waals surface area (Å²) in [4.78, 5) is 7.71. The first-order chi connectivity index (χ1) is 8.99. The first-order valence-electron chi connectivity index (χ1n) is 5.69. The van der Waals surface area contributed by atoms with Crippen molar-refractivity contribution in [2.24, 2.45) is 0 Å².